The van der Waals surface area contributed by atoms with E-state index >= 15 is 0 Å². The van der Waals surface area contributed by atoms with Gasteiger partial charge in [0, 0.05) is 42.9 Å². The summed E-state index contributed by atoms with van der Waals surface area (Å²) in [6, 6.07) is 5.66. The third-order valence-electron chi connectivity index (χ3n) is 3.71. The predicted molar refractivity (Wildman–Crippen MR) is 92.3 cm³/mol. The molecule has 0 saturated carbocycles. The smallest absolute Gasteiger partial charge is 0.249 e. The number of nitrogens with zero attached hydrogens (tertiary/aromatic N) is 2. The molecule has 1 atom stereocenters. The molecule has 0 bridgehead atoms. The number of carbonyl (C=O) groups is 1. The molecule has 0 spiro atoms. The Balaban J connectivity index is 1.78. The van der Waals surface area contributed by atoms with Crippen molar-refractivity contribution < 1.29 is 14.3 Å². The van der Waals surface area contributed by atoms with E-state index in [-0.39, 0.29) is 12.0 Å². The SMILES string of the molecule is CCOc1cc2c(cc1/C=C/C(=O)Nc1ccn(C)n1)OC(C)C2. The molecule has 1 aliphatic rings. The molecule has 0 fully saturated rings. The molecule has 1 aromatic heterocycles. The molecule has 0 saturated heterocycles. The average Bonchev–Trinajstić information content (AvgIpc) is 3.09. The van der Waals surface area contributed by atoms with Gasteiger partial charge in [0.15, 0.2) is 5.82 Å². The lowest BCUT2D eigenvalue weighted by atomic mass is 10.1. The molecule has 1 unspecified atom stereocenters. The van der Waals surface area contributed by atoms with Crippen molar-refractivity contribution in [3.8, 4) is 11.5 Å². The van der Waals surface area contributed by atoms with Crippen molar-refractivity contribution in [2.75, 3.05) is 11.9 Å². The molecule has 0 radical (unpaired) electrons. The molecule has 6 nitrogen and oxygen atoms in total. The van der Waals surface area contributed by atoms with Gasteiger partial charge < -0.3 is 14.8 Å². The molecule has 3 rings (SSSR count). The van der Waals surface area contributed by atoms with Gasteiger partial charge in [-0.1, -0.05) is 0 Å². The second-order valence-electron chi connectivity index (χ2n) is 5.76. The number of hydrogen-bond donors (Lipinski definition) is 1. The minimum atomic E-state index is -0.245. The average molecular weight is 327 g/mol. The number of ether oxygens (including phenoxy) is 2. The molecule has 24 heavy (non-hydrogen) atoms. The van der Waals surface area contributed by atoms with Gasteiger partial charge in [-0.25, -0.2) is 0 Å². The number of fused-ring (bicyclic) bond motifs is 1. The van der Waals surface area contributed by atoms with E-state index in [0.717, 1.165) is 29.0 Å². The van der Waals surface area contributed by atoms with Gasteiger partial charge in [-0.3, -0.25) is 9.48 Å². The van der Waals surface area contributed by atoms with Gasteiger partial charge >= 0.3 is 0 Å². The Labute approximate surface area is 141 Å². The normalized spacial score (nSPS) is 16.0. The first-order chi connectivity index (χ1) is 11.5. The maximum atomic E-state index is 12.0. The molecule has 6 heteroatoms. The quantitative estimate of drug-likeness (QED) is 0.858. The van der Waals surface area contributed by atoms with Gasteiger partial charge in [0.25, 0.3) is 0 Å². The van der Waals surface area contributed by atoms with E-state index in [2.05, 4.69) is 10.4 Å². The largest absolute Gasteiger partial charge is 0.493 e. The number of benzene rings is 1. The van der Waals surface area contributed by atoms with Crippen molar-refractivity contribution in [1.29, 1.82) is 0 Å². The Bertz CT molecular complexity index is 780. The first kappa shape index (κ1) is 16.1. The third kappa shape index (κ3) is 3.59. The highest BCUT2D eigenvalue weighted by Crippen LogP contribution is 2.35. The maximum Gasteiger partial charge on any atom is 0.249 e. The van der Waals surface area contributed by atoms with Crippen LogP contribution in [-0.2, 0) is 18.3 Å². The van der Waals surface area contributed by atoms with E-state index in [1.165, 1.54) is 6.08 Å². The summed E-state index contributed by atoms with van der Waals surface area (Å²) < 4.78 is 13.1. The zero-order valence-electron chi connectivity index (χ0n) is 14.1. The van der Waals surface area contributed by atoms with Crippen LogP contribution >= 0.6 is 0 Å². The number of rotatable bonds is 5. The van der Waals surface area contributed by atoms with Crippen molar-refractivity contribution >= 4 is 17.8 Å². The van der Waals surface area contributed by atoms with E-state index in [1.807, 2.05) is 26.0 Å². The van der Waals surface area contributed by atoms with Crippen LogP contribution in [0.1, 0.15) is 25.0 Å². The zero-order chi connectivity index (χ0) is 17.1. The number of carbonyl (C=O) groups excluding carboxylic acids is 1. The lowest BCUT2D eigenvalue weighted by Crippen LogP contribution is -2.08. The minimum absolute atomic E-state index is 0.168. The predicted octanol–water partition coefficient (Wildman–Crippen LogP) is 2.79. The maximum absolute atomic E-state index is 12.0. The summed E-state index contributed by atoms with van der Waals surface area (Å²) in [4.78, 5) is 12.0. The van der Waals surface area contributed by atoms with Crippen LogP contribution in [0, 0.1) is 0 Å². The molecular formula is C18H21N3O3. The van der Waals surface area contributed by atoms with Gasteiger partial charge in [-0.15, -0.1) is 0 Å². The van der Waals surface area contributed by atoms with Gasteiger partial charge in [0.05, 0.1) is 6.61 Å². The van der Waals surface area contributed by atoms with Crippen LogP contribution in [0.2, 0.25) is 0 Å². The molecule has 2 aromatic rings. The highest BCUT2D eigenvalue weighted by atomic mass is 16.5. The van der Waals surface area contributed by atoms with Gasteiger partial charge in [0.1, 0.15) is 17.6 Å². The van der Waals surface area contributed by atoms with Crippen LogP contribution < -0.4 is 14.8 Å². The van der Waals surface area contributed by atoms with Gasteiger partial charge in [-0.2, -0.15) is 5.10 Å². The Morgan fingerprint density at radius 3 is 3.08 bits per heavy atom. The lowest BCUT2D eigenvalue weighted by Gasteiger charge is -2.10. The first-order valence-electron chi connectivity index (χ1n) is 8.00. The van der Waals surface area contributed by atoms with Crippen molar-refractivity contribution in [1.82, 2.24) is 9.78 Å². The zero-order valence-corrected chi connectivity index (χ0v) is 14.1. The van der Waals surface area contributed by atoms with Gasteiger partial charge in [0.2, 0.25) is 5.91 Å². The van der Waals surface area contributed by atoms with E-state index in [0.29, 0.717) is 12.4 Å². The second kappa shape index (κ2) is 6.78. The van der Waals surface area contributed by atoms with Crippen LogP contribution in [0.3, 0.4) is 0 Å². The summed E-state index contributed by atoms with van der Waals surface area (Å²) in [5, 5.41) is 6.83. The van der Waals surface area contributed by atoms with Gasteiger partial charge in [-0.05, 0) is 32.1 Å². The number of anilines is 1. The molecule has 126 valence electrons. The molecule has 0 aliphatic carbocycles. The van der Waals surface area contributed by atoms with E-state index in [1.54, 1.807) is 30.1 Å². The number of nitrogens with one attached hydrogen (secondary N) is 1. The molecule has 2 heterocycles. The summed E-state index contributed by atoms with van der Waals surface area (Å²) in [5.74, 6) is 1.89. The summed E-state index contributed by atoms with van der Waals surface area (Å²) in [6.07, 6.45) is 6.01. The van der Waals surface area contributed by atoms with Crippen LogP contribution in [0.15, 0.2) is 30.5 Å². The molecule has 1 amide bonds. The molecule has 1 aromatic carbocycles. The fourth-order valence-electron chi connectivity index (χ4n) is 2.68. The summed E-state index contributed by atoms with van der Waals surface area (Å²) in [6.45, 7) is 4.54. The Kier molecular flexibility index (Phi) is 4.55. The van der Waals surface area contributed by atoms with Crippen molar-refractivity contribution in [3.05, 3.63) is 41.6 Å². The van der Waals surface area contributed by atoms with E-state index in [9.17, 15) is 4.79 Å². The number of amides is 1. The fraction of sp³-hybridized carbons (Fsp3) is 0.333. The Morgan fingerprint density at radius 1 is 1.54 bits per heavy atom. The van der Waals surface area contributed by atoms with Crippen LogP contribution in [0.4, 0.5) is 5.82 Å². The number of aromatic nitrogens is 2. The van der Waals surface area contributed by atoms with Crippen LogP contribution in [-0.4, -0.2) is 28.4 Å². The fourth-order valence-corrected chi connectivity index (χ4v) is 2.68. The first-order valence-corrected chi connectivity index (χ1v) is 8.00. The number of aryl methyl sites for hydroxylation is 1. The third-order valence-corrected chi connectivity index (χ3v) is 3.71. The Hall–Kier alpha value is -2.76. The van der Waals surface area contributed by atoms with E-state index in [4.69, 9.17) is 9.47 Å². The topological polar surface area (TPSA) is 65.4 Å². The second-order valence-corrected chi connectivity index (χ2v) is 5.76. The van der Waals surface area contributed by atoms with Crippen LogP contribution in [0.25, 0.3) is 6.08 Å². The molecular weight excluding hydrogens is 306 g/mol. The number of hydrogen-bond acceptors (Lipinski definition) is 4. The summed E-state index contributed by atoms with van der Waals surface area (Å²) in [7, 11) is 1.80. The van der Waals surface area contributed by atoms with Crippen molar-refractivity contribution in [2.24, 2.45) is 7.05 Å². The molecule has 1 aliphatic heterocycles. The van der Waals surface area contributed by atoms with Crippen molar-refractivity contribution in [3.63, 3.8) is 0 Å². The standard InChI is InChI=1S/C18H21N3O3/c1-4-23-15-11-14-9-12(2)24-16(14)10-13(15)5-6-18(22)19-17-7-8-21(3)20-17/h5-8,10-12H,4,9H2,1-3H3,(H,19,20,22)/b6-5+. The lowest BCUT2D eigenvalue weighted by molar-refractivity contribution is -0.111. The highest BCUT2D eigenvalue weighted by Gasteiger charge is 2.21. The van der Waals surface area contributed by atoms with E-state index < -0.39 is 0 Å². The molecule has 1 N–H and O–H groups in total. The Morgan fingerprint density at radius 2 is 2.38 bits per heavy atom. The summed E-state index contributed by atoms with van der Waals surface area (Å²) in [5.41, 5.74) is 1.96. The highest BCUT2D eigenvalue weighted by molar-refractivity contribution is 6.01. The van der Waals surface area contributed by atoms with Crippen molar-refractivity contribution in [2.45, 2.75) is 26.4 Å². The monoisotopic (exact) mass is 327 g/mol. The van der Waals surface area contributed by atoms with Crippen LogP contribution in [0.5, 0.6) is 11.5 Å². The minimum Gasteiger partial charge on any atom is -0.493 e. The summed E-state index contributed by atoms with van der Waals surface area (Å²) >= 11 is 0.